The predicted molar refractivity (Wildman–Crippen MR) is 120 cm³/mol. The van der Waals surface area contributed by atoms with Gasteiger partial charge in [0.15, 0.2) is 11.5 Å². The molecule has 4 heterocycles. The molecule has 0 radical (unpaired) electrons. The number of nitrogens with two attached hydrogens (primary N) is 1. The van der Waals surface area contributed by atoms with E-state index in [1.807, 2.05) is 36.4 Å². The lowest BCUT2D eigenvalue weighted by Gasteiger charge is -2.38. The Kier molecular flexibility index (Phi) is 6.22. The molecule has 1 aliphatic rings. The van der Waals surface area contributed by atoms with Crippen LogP contribution in [0.4, 0.5) is 11.5 Å². The molecule has 0 aliphatic carbocycles. The van der Waals surface area contributed by atoms with Crippen LogP contribution in [0.5, 0.6) is 0 Å². The van der Waals surface area contributed by atoms with Gasteiger partial charge in [-0.2, -0.15) is 5.26 Å². The molecule has 1 amide bonds. The lowest BCUT2D eigenvalue weighted by molar-refractivity contribution is 0.100. The van der Waals surface area contributed by atoms with E-state index in [0.29, 0.717) is 23.4 Å². The quantitative estimate of drug-likeness (QED) is 0.610. The summed E-state index contributed by atoms with van der Waals surface area (Å²) in [7, 11) is 0. The van der Waals surface area contributed by atoms with Gasteiger partial charge in [-0.25, -0.2) is 0 Å². The Balaban J connectivity index is 1.48. The number of piperidine rings is 1. The minimum atomic E-state index is -0.512. The molecule has 1 fully saturated rings. The van der Waals surface area contributed by atoms with Gasteiger partial charge < -0.3 is 16.0 Å². The molecule has 0 spiro atoms. The number of amides is 1. The molecule has 9 heteroatoms. The highest BCUT2D eigenvalue weighted by molar-refractivity contribution is 5.98. The van der Waals surface area contributed by atoms with Crippen molar-refractivity contribution in [2.24, 2.45) is 11.7 Å². The van der Waals surface area contributed by atoms with Crippen LogP contribution in [0.25, 0.3) is 0 Å². The van der Waals surface area contributed by atoms with E-state index in [-0.39, 0.29) is 12.0 Å². The molecule has 0 bridgehead atoms. The summed E-state index contributed by atoms with van der Waals surface area (Å²) in [6, 6.07) is 13.3. The van der Waals surface area contributed by atoms with Crippen molar-refractivity contribution in [3.8, 4) is 6.07 Å². The second kappa shape index (κ2) is 9.39. The summed E-state index contributed by atoms with van der Waals surface area (Å²) >= 11 is 0. The van der Waals surface area contributed by atoms with Crippen LogP contribution in [0.3, 0.4) is 0 Å². The summed E-state index contributed by atoms with van der Waals surface area (Å²) in [5.74, 6) is 0.519. The average Bonchev–Trinajstić information content (AvgIpc) is 2.81. The zero-order valence-electron chi connectivity index (χ0n) is 17.8. The third-order valence-electron chi connectivity index (χ3n) is 5.65. The molecule has 4 rings (SSSR count). The molecule has 2 atom stereocenters. The average molecular weight is 429 g/mol. The molecule has 3 aromatic heterocycles. The number of nitriles is 1. The Bertz CT molecular complexity index is 1130. The molecule has 9 nitrogen and oxygen atoms in total. The van der Waals surface area contributed by atoms with E-state index in [4.69, 9.17) is 11.0 Å². The van der Waals surface area contributed by atoms with Crippen molar-refractivity contribution < 1.29 is 4.79 Å². The SMILES string of the molecule is C[C@H]1CN(c2ccc(C#N)nn2)CC[C@H]1Nc1cc(Cc2ccccn2)ncc1C(N)=O. The van der Waals surface area contributed by atoms with E-state index in [0.717, 1.165) is 36.7 Å². The van der Waals surface area contributed by atoms with E-state index in [2.05, 4.69) is 37.3 Å². The number of anilines is 2. The topological polar surface area (TPSA) is 134 Å². The van der Waals surface area contributed by atoms with Gasteiger partial charge in [0.1, 0.15) is 6.07 Å². The first-order valence-corrected chi connectivity index (χ1v) is 10.5. The minimum Gasteiger partial charge on any atom is -0.381 e. The van der Waals surface area contributed by atoms with Crippen LogP contribution in [-0.4, -0.2) is 45.2 Å². The fraction of sp³-hybridized carbons (Fsp3) is 0.304. The maximum absolute atomic E-state index is 12.0. The summed E-state index contributed by atoms with van der Waals surface area (Å²) in [5, 5.41) is 20.5. The second-order valence-corrected chi connectivity index (χ2v) is 7.93. The molecule has 3 aromatic rings. The van der Waals surface area contributed by atoms with Crippen LogP contribution in [0.2, 0.25) is 0 Å². The summed E-state index contributed by atoms with van der Waals surface area (Å²) in [5.41, 5.74) is 8.70. The van der Waals surface area contributed by atoms with Crippen LogP contribution in [0.1, 0.15) is 40.8 Å². The van der Waals surface area contributed by atoms with Gasteiger partial charge in [0, 0.05) is 49.3 Å². The van der Waals surface area contributed by atoms with E-state index < -0.39 is 5.91 Å². The van der Waals surface area contributed by atoms with Gasteiger partial charge in [0.05, 0.1) is 11.3 Å². The summed E-state index contributed by atoms with van der Waals surface area (Å²) in [4.78, 5) is 22.9. The molecule has 0 unspecified atom stereocenters. The van der Waals surface area contributed by atoms with Gasteiger partial charge in [0.2, 0.25) is 0 Å². The van der Waals surface area contributed by atoms with Gasteiger partial charge in [-0.3, -0.25) is 14.8 Å². The van der Waals surface area contributed by atoms with Gasteiger partial charge in [0.25, 0.3) is 5.91 Å². The third kappa shape index (κ3) is 4.81. The van der Waals surface area contributed by atoms with Crippen molar-refractivity contribution in [2.75, 3.05) is 23.3 Å². The van der Waals surface area contributed by atoms with Crippen LogP contribution in [0.15, 0.2) is 48.8 Å². The normalized spacial score (nSPS) is 18.1. The number of hydrogen-bond donors (Lipinski definition) is 2. The standard InChI is InChI=1S/C23H24N8O/c1-15-14-31(22-6-5-17(12-24)29-30-22)9-7-20(15)28-21-11-18(27-13-19(21)23(25)32)10-16-4-2-3-8-26-16/h2-6,8,11,13,15,20H,7,9-10,14H2,1H3,(H2,25,32)(H,27,28)/t15-,20+/m0/s1. The first-order chi connectivity index (χ1) is 15.5. The van der Waals surface area contributed by atoms with Crippen molar-refractivity contribution in [3.05, 3.63) is 71.4 Å². The Morgan fingerprint density at radius 3 is 2.78 bits per heavy atom. The number of rotatable bonds is 6. The van der Waals surface area contributed by atoms with Crippen molar-refractivity contribution in [1.29, 1.82) is 5.26 Å². The maximum atomic E-state index is 12.0. The Hall–Kier alpha value is -4.06. The summed E-state index contributed by atoms with van der Waals surface area (Å²) in [6.07, 6.45) is 4.70. The highest BCUT2D eigenvalue weighted by atomic mass is 16.1. The molecule has 32 heavy (non-hydrogen) atoms. The van der Waals surface area contributed by atoms with E-state index >= 15 is 0 Å². The summed E-state index contributed by atoms with van der Waals surface area (Å²) < 4.78 is 0. The third-order valence-corrected chi connectivity index (χ3v) is 5.65. The number of aromatic nitrogens is 4. The molecule has 1 saturated heterocycles. The lowest BCUT2D eigenvalue weighted by Crippen LogP contribution is -2.45. The van der Waals surface area contributed by atoms with Gasteiger partial charge in [-0.15, -0.1) is 10.2 Å². The fourth-order valence-electron chi connectivity index (χ4n) is 3.92. The first-order valence-electron chi connectivity index (χ1n) is 10.5. The first kappa shape index (κ1) is 21.2. The molecular formula is C23H24N8O. The summed E-state index contributed by atoms with van der Waals surface area (Å²) in [6.45, 7) is 3.71. The van der Waals surface area contributed by atoms with Gasteiger partial charge >= 0.3 is 0 Å². The van der Waals surface area contributed by atoms with Crippen molar-refractivity contribution in [3.63, 3.8) is 0 Å². The Morgan fingerprint density at radius 1 is 1.25 bits per heavy atom. The van der Waals surface area contributed by atoms with E-state index in [9.17, 15) is 4.79 Å². The number of pyridine rings is 2. The minimum absolute atomic E-state index is 0.154. The van der Waals surface area contributed by atoms with Crippen molar-refractivity contribution in [2.45, 2.75) is 25.8 Å². The zero-order chi connectivity index (χ0) is 22.5. The maximum Gasteiger partial charge on any atom is 0.252 e. The molecule has 162 valence electrons. The largest absolute Gasteiger partial charge is 0.381 e. The van der Waals surface area contributed by atoms with E-state index in [1.165, 1.54) is 6.20 Å². The van der Waals surface area contributed by atoms with Gasteiger partial charge in [-0.05, 0) is 42.7 Å². The number of hydrogen-bond acceptors (Lipinski definition) is 8. The monoisotopic (exact) mass is 428 g/mol. The fourth-order valence-corrected chi connectivity index (χ4v) is 3.92. The smallest absolute Gasteiger partial charge is 0.252 e. The predicted octanol–water partition coefficient (Wildman–Crippen LogP) is 2.15. The van der Waals surface area contributed by atoms with Crippen LogP contribution >= 0.6 is 0 Å². The zero-order valence-corrected chi connectivity index (χ0v) is 17.8. The Morgan fingerprint density at radius 2 is 2.12 bits per heavy atom. The van der Waals surface area contributed by atoms with Crippen molar-refractivity contribution in [1.82, 2.24) is 20.2 Å². The Labute approximate surface area is 186 Å². The molecule has 0 saturated carbocycles. The number of primary amides is 1. The highest BCUT2D eigenvalue weighted by Crippen LogP contribution is 2.26. The number of carbonyl (C=O) groups is 1. The van der Waals surface area contributed by atoms with E-state index in [1.54, 1.807) is 12.3 Å². The molecule has 0 aromatic carbocycles. The molecule has 1 aliphatic heterocycles. The molecular weight excluding hydrogens is 404 g/mol. The van der Waals surface area contributed by atoms with Crippen LogP contribution < -0.4 is 16.0 Å². The highest BCUT2D eigenvalue weighted by Gasteiger charge is 2.28. The number of nitrogens with one attached hydrogen (secondary N) is 1. The van der Waals surface area contributed by atoms with Gasteiger partial charge in [-0.1, -0.05) is 13.0 Å². The lowest BCUT2D eigenvalue weighted by atomic mass is 9.93. The van der Waals surface area contributed by atoms with Crippen LogP contribution in [-0.2, 0) is 6.42 Å². The molecule has 3 N–H and O–H groups in total. The van der Waals surface area contributed by atoms with Crippen LogP contribution in [0, 0.1) is 17.2 Å². The second-order valence-electron chi connectivity index (χ2n) is 7.93. The van der Waals surface area contributed by atoms with Crippen molar-refractivity contribution >= 4 is 17.4 Å². The number of carbonyl (C=O) groups excluding carboxylic acids is 1. The number of nitrogens with zero attached hydrogens (tertiary/aromatic N) is 6.